The highest BCUT2D eigenvalue weighted by atomic mass is 16.5. The zero-order valence-corrected chi connectivity index (χ0v) is 8.11. The van der Waals surface area contributed by atoms with Gasteiger partial charge in [0.05, 0.1) is 18.9 Å². The molecule has 0 fully saturated rings. The molecule has 2 rings (SSSR count). The molecule has 0 aliphatic carbocycles. The van der Waals surface area contributed by atoms with Crippen molar-refractivity contribution in [2.75, 3.05) is 12.4 Å². The van der Waals surface area contributed by atoms with Gasteiger partial charge in [0.2, 0.25) is 5.78 Å². The van der Waals surface area contributed by atoms with Gasteiger partial charge in [-0.25, -0.2) is 4.79 Å². The van der Waals surface area contributed by atoms with E-state index in [9.17, 15) is 9.59 Å². The van der Waals surface area contributed by atoms with Crippen LogP contribution in [0, 0.1) is 0 Å². The number of ether oxygens (including phenoxy) is 1. The zero-order valence-electron chi connectivity index (χ0n) is 8.11. The van der Waals surface area contributed by atoms with Crippen molar-refractivity contribution in [1.29, 1.82) is 0 Å². The van der Waals surface area contributed by atoms with Crippen molar-refractivity contribution in [3.8, 4) is 0 Å². The molecule has 1 aromatic carbocycles. The maximum absolute atomic E-state index is 11.7. The summed E-state index contributed by atoms with van der Waals surface area (Å²) in [4.78, 5) is 22.7. The Morgan fingerprint density at radius 1 is 1.40 bits per heavy atom. The smallest absolute Gasteiger partial charge is 0.332 e. The van der Waals surface area contributed by atoms with Crippen LogP contribution in [0.1, 0.15) is 10.4 Å². The molecule has 1 aliphatic heterocycles. The van der Waals surface area contributed by atoms with Gasteiger partial charge < -0.3 is 10.1 Å². The van der Waals surface area contributed by atoms with E-state index in [4.69, 9.17) is 0 Å². The Bertz CT molecular complexity index is 463. The lowest BCUT2D eigenvalue weighted by atomic mass is 10.1. The molecule has 0 unspecified atom stereocenters. The summed E-state index contributed by atoms with van der Waals surface area (Å²) in [5.41, 5.74) is 1.55. The van der Waals surface area contributed by atoms with Gasteiger partial charge in [0.1, 0.15) is 0 Å². The summed E-state index contributed by atoms with van der Waals surface area (Å²) in [6.07, 6.45) is 1.16. The van der Waals surface area contributed by atoms with Crippen LogP contribution in [0.3, 0.4) is 0 Å². The Balaban J connectivity index is 2.35. The molecule has 0 radical (unpaired) electrons. The number of rotatable bonds is 1. The molecule has 0 aromatic heterocycles. The third-order valence-electron chi connectivity index (χ3n) is 2.15. The fourth-order valence-electron chi connectivity index (χ4n) is 1.42. The van der Waals surface area contributed by atoms with Gasteiger partial charge in [-0.2, -0.15) is 0 Å². The monoisotopic (exact) mass is 203 g/mol. The van der Waals surface area contributed by atoms with E-state index in [1.807, 2.05) is 6.07 Å². The number of fused-ring (bicyclic) bond motifs is 1. The summed E-state index contributed by atoms with van der Waals surface area (Å²) in [7, 11) is 1.27. The summed E-state index contributed by atoms with van der Waals surface area (Å²) >= 11 is 0. The van der Waals surface area contributed by atoms with Crippen molar-refractivity contribution in [2.24, 2.45) is 0 Å². The summed E-state index contributed by atoms with van der Waals surface area (Å²) in [5.74, 6) is -0.727. The number of carbonyl (C=O) groups is 2. The second-order valence-electron chi connectivity index (χ2n) is 3.08. The molecule has 4 nitrogen and oxygen atoms in total. The van der Waals surface area contributed by atoms with Crippen LogP contribution in [-0.2, 0) is 9.53 Å². The number of methoxy groups -OCH3 is 1. The lowest BCUT2D eigenvalue weighted by Crippen LogP contribution is -2.05. The molecule has 0 saturated carbocycles. The number of esters is 1. The van der Waals surface area contributed by atoms with E-state index in [-0.39, 0.29) is 11.5 Å². The standard InChI is InChI=1S/C11H9NO3/c1-15-10(13)6-9-11(14)7-4-2-3-5-8(7)12-9/h2-6,12H,1H3/b9-6-. The summed E-state index contributed by atoms with van der Waals surface area (Å²) < 4.78 is 4.45. The van der Waals surface area contributed by atoms with E-state index in [1.54, 1.807) is 18.2 Å². The average Bonchev–Trinajstić information content (AvgIpc) is 2.57. The zero-order chi connectivity index (χ0) is 10.8. The maximum atomic E-state index is 11.7. The van der Waals surface area contributed by atoms with E-state index in [1.165, 1.54) is 7.11 Å². The Kier molecular flexibility index (Phi) is 2.25. The number of allylic oxidation sites excluding steroid dienone is 1. The third-order valence-corrected chi connectivity index (χ3v) is 2.15. The highest BCUT2D eigenvalue weighted by molar-refractivity contribution is 6.20. The van der Waals surface area contributed by atoms with Crippen LogP contribution >= 0.6 is 0 Å². The summed E-state index contributed by atoms with van der Waals surface area (Å²) in [6.45, 7) is 0. The second kappa shape index (κ2) is 3.57. The van der Waals surface area contributed by atoms with Crippen molar-refractivity contribution in [1.82, 2.24) is 0 Å². The molecule has 1 aliphatic rings. The number of benzene rings is 1. The molecule has 1 heterocycles. The van der Waals surface area contributed by atoms with Crippen molar-refractivity contribution >= 4 is 17.4 Å². The first-order chi connectivity index (χ1) is 7.22. The molecule has 4 heteroatoms. The van der Waals surface area contributed by atoms with Gasteiger partial charge in [-0.3, -0.25) is 4.79 Å². The first-order valence-corrected chi connectivity index (χ1v) is 4.43. The molecule has 15 heavy (non-hydrogen) atoms. The van der Waals surface area contributed by atoms with Crippen LogP contribution in [0.15, 0.2) is 36.0 Å². The minimum atomic E-state index is -0.543. The van der Waals surface area contributed by atoms with Crippen LogP contribution in [0.25, 0.3) is 0 Å². The Labute approximate surface area is 86.5 Å². The van der Waals surface area contributed by atoms with Gasteiger partial charge in [-0.05, 0) is 12.1 Å². The van der Waals surface area contributed by atoms with E-state index in [0.29, 0.717) is 5.56 Å². The quantitative estimate of drug-likeness (QED) is 0.553. The van der Waals surface area contributed by atoms with Gasteiger partial charge >= 0.3 is 5.97 Å². The van der Waals surface area contributed by atoms with E-state index in [0.717, 1.165) is 11.8 Å². The average molecular weight is 203 g/mol. The van der Waals surface area contributed by atoms with Crippen molar-refractivity contribution in [3.63, 3.8) is 0 Å². The van der Waals surface area contributed by atoms with Gasteiger partial charge in [-0.15, -0.1) is 0 Å². The lowest BCUT2D eigenvalue weighted by molar-refractivity contribution is -0.134. The molecule has 76 valence electrons. The Morgan fingerprint density at radius 2 is 2.13 bits per heavy atom. The minimum absolute atomic E-state index is 0.184. The first kappa shape index (κ1) is 9.45. The fourth-order valence-corrected chi connectivity index (χ4v) is 1.42. The van der Waals surface area contributed by atoms with Gasteiger partial charge in [-0.1, -0.05) is 12.1 Å². The lowest BCUT2D eigenvalue weighted by Gasteiger charge is -1.96. The SMILES string of the molecule is COC(=O)/C=C1\Nc2ccccc2C1=O. The molecule has 0 saturated heterocycles. The maximum Gasteiger partial charge on any atom is 0.332 e. The molecule has 1 aromatic rings. The fraction of sp³-hybridized carbons (Fsp3) is 0.0909. The van der Waals surface area contributed by atoms with Crippen molar-refractivity contribution in [3.05, 3.63) is 41.6 Å². The summed E-state index contributed by atoms with van der Waals surface area (Å²) in [5, 5.41) is 2.86. The van der Waals surface area contributed by atoms with E-state index >= 15 is 0 Å². The number of Topliss-reactive ketones (excluding diaryl/α,β-unsaturated/α-hetero) is 1. The Morgan fingerprint density at radius 3 is 2.80 bits per heavy atom. The number of carbonyl (C=O) groups excluding carboxylic acids is 2. The third kappa shape index (κ3) is 1.61. The number of nitrogens with one attached hydrogen (secondary N) is 1. The number of anilines is 1. The number of para-hydroxylation sites is 1. The van der Waals surface area contributed by atoms with Crippen LogP contribution < -0.4 is 5.32 Å². The normalized spacial score (nSPS) is 16.1. The Hall–Kier alpha value is -2.10. The van der Waals surface area contributed by atoms with Gasteiger partial charge in [0.25, 0.3) is 0 Å². The van der Waals surface area contributed by atoms with Crippen LogP contribution in [-0.4, -0.2) is 18.9 Å². The topological polar surface area (TPSA) is 55.4 Å². The largest absolute Gasteiger partial charge is 0.466 e. The van der Waals surface area contributed by atoms with E-state index in [2.05, 4.69) is 10.1 Å². The van der Waals surface area contributed by atoms with Crippen LogP contribution in [0.2, 0.25) is 0 Å². The van der Waals surface area contributed by atoms with Crippen LogP contribution in [0.4, 0.5) is 5.69 Å². The first-order valence-electron chi connectivity index (χ1n) is 4.43. The highest BCUT2D eigenvalue weighted by Crippen LogP contribution is 2.27. The molecule has 0 amide bonds. The molecule has 1 N–H and O–H groups in total. The number of ketones is 1. The molecule has 0 atom stereocenters. The van der Waals surface area contributed by atoms with Crippen molar-refractivity contribution < 1.29 is 14.3 Å². The van der Waals surface area contributed by atoms with Gasteiger partial charge in [0, 0.05) is 11.3 Å². The highest BCUT2D eigenvalue weighted by Gasteiger charge is 2.24. The second-order valence-corrected chi connectivity index (χ2v) is 3.08. The molecule has 0 spiro atoms. The number of hydrogen-bond acceptors (Lipinski definition) is 4. The van der Waals surface area contributed by atoms with Crippen molar-refractivity contribution in [2.45, 2.75) is 0 Å². The predicted molar refractivity (Wildman–Crippen MR) is 54.5 cm³/mol. The minimum Gasteiger partial charge on any atom is -0.466 e. The van der Waals surface area contributed by atoms with Gasteiger partial charge in [0.15, 0.2) is 0 Å². The van der Waals surface area contributed by atoms with Crippen LogP contribution in [0.5, 0.6) is 0 Å². The number of hydrogen-bond donors (Lipinski definition) is 1. The van der Waals surface area contributed by atoms with E-state index < -0.39 is 5.97 Å². The molecular formula is C11H9NO3. The summed E-state index contributed by atoms with van der Waals surface area (Å²) in [6, 6.07) is 7.09. The molecular weight excluding hydrogens is 194 g/mol. The molecule has 0 bridgehead atoms. The predicted octanol–water partition coefficient (Wildman–Crippen LogP) is 1.35.